The zero-order valence-electron chi connectivity index (χ0n) is 10.7. The Kier molecular flexibility index (Phi) is 2.98. The Balaban J connectivity index is 2.32. The molecule has 1 unspecified atom stereocenters. The van der Waals surface area contributed by atoms with Gasteiger partial charge in [0.05, 0.1) is 6.07 Å². The number of hydrogen-bond acceptors (Lipinski definition) is 2. The maximum atomic E-state index is 13.2. The molecule has 0 radical (unpaired) electrons. The average molecular weight is 245 g/mol. The third-order valence-corrected chi connectivity index (χ3v) is 3.84. The van der Waals surface area contributed by atoms with Gasteiger partial charge >= 0.3 is 0 Å². The van der Waals surface area contributed by atoms with E-state index in [1.165, 1.54) is 12.1 Å². The van der Waals surface area contributed by atoms with Gasteiger partial charge in [-0.25, -0.2) is 4.39 Å². The van der Waals surface area contributed by atoms with E-state index in [2.05, 4.69) is 6.07 Å². The zero-order valence-corrected chi connectivity index (χ0v) is 10.7. The summed E-state index contributed by atoms with van der Waals surface area (Å²) in [5.41, 5.74) is -0.706. The molecule has 0 aliphatic heterocycles. The number of rotatable bonds is 2. The lowest BCUT2D eigenvalue weighted by Gasteiger charge is -2.22. The van der Waals surface area contributed by atoms with Crippen molar-refractivity contribution in [3.05, 3.63) is 35.6 Å². The van der Waals surface area contributed by atoms with E-state index in [9.17, 15) is 14.4 Å². The molecule has 1 saturated carbocycles. The molecule has 3 heteroatoms. The van der Waals surface area contributed by atoms with Gasteiger partial charge in [-0.3, -0.25) is 4.79 Å². The summed E-state index contributed by atoms with van der Waals surface area (Å²) in [4.78, 5) is 12.4. The molecule has 1 aromatic carbocycles. The molecule has 1 aliphatic rings. The van der Waals surface area contributed by atoms with Crippen molar-refractivity contribution in [3.8, 4) is 6.07 Å². The molecule has 1 atom stereocenters. The van der Waals surface area contributed by atoms with Crippen molar-refractivity contribution < 1.29 is 9.18 Å². The van der Waals surface area contributed by atoms with Crippen LogP contribution in [0.4, 0.5) is 4.39 Å². The van der Waals surface area contributed by atoms with Crippen LogP contribution in [0.2, 0.25) is 0 Å². The van der Waals surface area contributed by atoms with Gasteiger partial charge in [0.2, 0.25) is 0 Å². The maximum absolute atomic E-state index is 13.2. The molecule has 18 heavy (non-hydrogen) atoms. The summed E-state index contributed by atoms with van der Waals surface area (Å²) in [6, 6.07) is 8.32. The standard InChI is InChI=1S/C15H16FNO/c1-14(2)6-7-15(10-17,13(14)18)9-11-4-3-5-12(16)8-11/h3-5,8H,6-7,9H2,1-2H3. The third kappa shape index (κ3) is 2.03. The minimum Gasteiger partial charge on any atom is -0.297 e. The Bertz CT molecular complexity index is 530. The lowest BCUT2D eigenvalue weighted by atomic mass is 9.77. The predicted molar refractivity (Wildman–Crippen MR) is 66.2 cm³/mol. The number of benzene rings is 1. The fraction of sp³-hybridized carbons (Fsp3) is 0.467. The van der Waals surface area contributed by atoms with Crippen LogP contribution in [0.15, 0.2) is 24.3 Å². The van der Waals surface area contributed by atoms with Crippen molar-refractivity contribution in [3.63, 3.8) is 0 Å². The number of hydrogen-bond donors (Lipinski definition) is 0. The molecule has 1 aromatic rings. The molecule has 0 aromatic heterocycles. The first-order valence-electron chi connectivity index (χ1n) is 6.10. The van der Waals surface area contributed by atoms with E-state index < -0.39 is 10.8 Å². The van der Waals surface area contributed by atoms with Gasteiger partial charge in [-0.1, -0.05) is 26.0 Å². The molecule has 0 N–H and O–H groups in total. The number of nitrogens with zero attached hydrogens (tertiary/aromatic N) is 1. The van der Waals surface area contributed by atoms with E-state index in [-0.39, 0.29) is 11.6 Å². The summed E-state index contributed by atoms with van der Waals surface area (Å²) in [5, 5.41) is 9.39. The van der Waals surface area contributed by atoms with Crippen molar-refractivity contribution >= 4 is 5.78 Å². The van der Waals surface area contributed by atoms with Crippen LogP contribution in [0.3, 0.4) is 0 Å². The van der Waals surface area contributed by atoms with Gasteiger partial charge in [0.1, 0.15) is 11.2 Å². The lowest BCUT2D eigenvalue weighted by Crippen LogP contribution is -2.33. The Labute approximate surface area is 106 Å². The first-order valence-corrected chi connectivity index (χ1v) is 6.10. The monoisotopic (exact) mass is 245 g/mol. The summed E-state index contributed by atoms with van der Waals surface area (Å²) in [5.74, 6) is -0.341. The third-order valence-electron chi connectivity index (χ3n) is 3.84. The Morgan fingerprint density at radius 2 is 2.11 bits per heavy atom. The highest BCUT2D eigenvalue weighted by Gasteiger charge is 2.52. The minimum absolute atomic E-state index is 0.0123. The SMILES string of the molecule is CC1(C)CCC(C#N)(Cc2cccc(F)c2)C1=O. The van der Waals surface area contributed by atoms with Gasteiger partial charge in [0.25, 0.3) is 0 Å². The largest absolute Gasteiger partial charge is 0.297 e. The topological polar surface area (TPSA) is 40.9 Å². The van der Waals surface area contributed by atoms with Crippen LogP contribution in [0.1, 0.15) is 32.3 Å². The lowest BCUT2D eigenvalue weighted by molar-refractivity contribution is -0.130. The van der Waals surface area contributed by atoms with Crippen LogP contribution < -0.4 is 0 Å². The molecule has 1 fully saturated rings. The average Bonchev–Trinajstić information content (AvgIpc) is 2.54. The van der Waals surface area contributed by atoms with Gasteiger partial charge in [-0.2, -0.15) is 5.26 Å². The molecule has 1 aliphatic carbocycles. The molecular formula is C15H16FNO. The highest BCUT2D eigenvalue weighted by Crippen LogP contribution is 2.47. The van der Waals surface area contributed by atoms with Crippen molar-refractivity contribution in [2.24, 2.45) is 10.8 Å². The molecule has 0 saturated heterocycles. The molecule has 2 rings (SSSR count). The molecule has 0 spiro atoms. The van der Waals surface area contributed by atoms with E-state index in [4.69, 9.17) is 0 Å². The smallest absolute Gasteiger partial charge is 0.158 e. The summed E-state index contributed by atoms with van der Waals surface area (Å²) >= 11 is 0. The number of Topliss-reactive ketones (excluding diaryl/α,β-unsaturated/α-hetero) is 1. The summed E-state index contributed by atoms with van der Waals surface area (Å²) in [6.45, 7) is 3.75. The number of nitriles is 1. The summed E-state index contributed by atoms with van der Waals surface area (Å²) in [6.07, 6.45) is 1.59. The van der Waals surface area contributed by atoms with E-state index >= 15 is 0 Å². The van der Waals surface area contributed by atoms with E-state index in [0.717, 1.165) is 0 Å². The summed E-state index contributed by atoms with van der Waals surface area (Å²) < 4.78 is 13.2. The van der Waals surface area contributed by atoms with Crippen LogP contribution in [0.25, 0.3) is 0 Å². The van der Waals surface area contributed by atoms with Crippen LogP contribution in [-0.2, 0) is 11.2 Å². The number of carbonyl (C=O) groups excluding carboxylic acids is 1. The quantitative estimate of drug-likeness (QED) is 0.802. The predicted octanol–water partition coefficient (Wildman–Crippen LogP) is 3.27. The normalized spacial score (nSPS) is 26.0. The van der Waals surface area contributed by atoms with Crippen molar-refractivity contribution in [2.45, 2.75) is 33.1 Å². The van der Waals surface area contributed by atoms with Crippen molar-refractivity contribution in [2.75, 3.05) is 0 Å². The van der Waals surface area contributed by atoms with Gasteiger partial charge in [0.15, 0.2) is 5.78 Å². The zero-order chi connectivity index (χ0) is 13.4. The van der Waals surface area contributed by atoms with Gasteiger partial charge in [0, 0.05) is 5.41 Å². The first-order chi connectivity index (χ1) is 8.39. The fourth-order valence-corrected chi connectivity index (χ4v) is 2.71. The molecular weight excluding hydrogens is 229 g/mol. The number of halogens is 1. The van der Waals surface area contributed by atoms with Crippen LogP contribution >= 0.6 is 0 Å². The molecule has 2 nitrogen and oxygen atoms in total. The van der Waals surface area contributed by atoms with Gasteiger partial charge in [-0.05, 0) is 37.0 Å². The Hall–Kier alpha value is -1.69. The highest BCUT2D eigenvalue weighted by molar-refractivity contribution is 5.94. The number of ketones is 1. The summed E-state index contributed by atoms with van der Waals surface area (Å²) in [7, 11) is 0. The van der Waals surface area contributed by atoms with Crippen LogP contribution in [-0.4, -0.2) is 5.78 Å². The minimum atomic E-state index is -0.975. The second-order valence-corrected chi connectivity index (χ2v) is 5.71. The van der Waals surface area contributed by atoms with Crippen molar-refractivity contribution in [1.29, 1.82) is 5.26 Å². The fourth-order valence-electron chi connectivity index (χ4n) is 2.71. The van der Waals surface area contributed by atoms with Gasteiger partial charge in [-0.15, -0.1) is 0 Å². The molecule has 0 heterocycles. The van der Waals surface area contributed by atoms with E-state index in [1.807, 2.05) is 13.8 Å². The van der Waals surface area contributed by atoms with E-state index in [0.29, 0.717) is 24.8 Å². The number of carbonyl (C=O) groups is 1. The molecule has 0 amide bonds. The Morgan fingerprint density at radius 1 is 1.39 bits per heavy atom. The van der Waals surface area contributed by atoms with Crippen LogP contribution in [0, 0.1) is 28.0 Å². The second kappa shape index (κ2) is 4.20. The first kappa shape index (κ1) is 12.8. The molecule has 0 bridgehead atoms. The van der Waals surface area contributed by atoms with E-state index in [1.54, 1.807) is 12.1 Å². The van der Waals surface area contributed by atoms with Crippen LogP contribution in [0.5, 0.6) is 0 Å². The van der Waals surface area contributed by atoms with Crippen molar-refractivity contribution in [1.82, 2.24) is 0 Å². The maximum Gasteiger partial charge on any atom is 0.158 e. The highest BCUT2D eigenvalue weighted by atomic mass is 19.1. The molecule has 94 valence electrons. The Morgan fingerprint density at radius 3 is 2.61 bits per heavy atom. The van der Waals surface area contributed by atoms with Gasteiger partial charge < -0.3 is 0 Å². The second-order valence-electron chi connectivity index (χ2n) is 5.71.